The molecule has 0 saturated carbocycles. The molecule has 0 atom stereocenters. The SMILES string of the molecule is C[CH-]C.[C-]1=CC=CC1.[Ni+2]. The van der Waals surface area contributed by atoms with Gasteiger partial charge in [-0.2, -0.15) is 19.9 Å². The Morgan fingerprint density at radius 3 is 2.11 bits per heavy atom. The van der Waals surface area contributed by atoms with Gasteiger partial charge in [-0.1, -0.05) is 0 Å². The van der Waals surface area contributed by atoms with Gasteiger partial charge in [-0.15, -0.1) is 6.42 Å². The summed E-state index contributed by atoms with van der Waals surface area (Å²) in [4.78, 5) is 0. The molecule has 0 fully saturated rings. The molecule has 1 aliphatic rings. The normalized spacial score (nSPS) is 11.8. The van der Waals surface area contributed by atoms with Gasteiger partial charge in [0.05, 0.1) is 0 Å². The van der Waals surface area contributed by atoms with Crippen LogP contribution in [0.4, 0.5) is 0 Å². The van der Waals surface area contributed by atoms with Crippen LogP contribution < -0.4 is 0 Å². The summed E-state index contributed by atoms with van der Waals surface area (Å²) in [5.74, 6) is 0. The van der Waals surface area contributed by atoms with E-state index in [1.807, 2.05) is 32.4 Å². The van der Waals surface area contributed by atoms with E-state index in [-0.39, 0.29) is 16.5 Å². The van der Waals surface area contributed by atoms with Crippen LogP contribution in [-0.4, -0.2) is 0 Å². The van der Waals surface area contributed by atoms with Crippen LogP contribution in [0.2, 0.25) is 0 Å². The second-order valence-electron chi connectivity index (χ2n) is 1.58. The Morgan fingerprint density at radius 2 is 2.00 bits per heavy atom. The van der Waals surface area contributed by atoms with Crippen molar-refractivity contribution in [1.29, 1.82) is 0 Å². The fourth-order valence-corrected chi connectivity index (χ4v) is 0.340. The average molecular weight is 167 g/mol. The number of rotatable bonds is 0. The predicted octanol–water partition coefficient (Wildman–Crippen LogP) is 2.53. The zero-order valence-corrected chi connectivity index (χ0v) is 6.82. The minimum Gasteiger partial charge on any atom is -0.335 e. The molecule has 9 heavy (non-hydrogen) atoms. The van der Waals surface area contributed by atoms with E-state index in [0.717, 1.165) is 6.42 Å². The fourth-order valence-electron chi connectivity index (χ4n) is 0.340. The van der Waals surface area contributed by atoms with Crippen LogP contribution in [0.15, 0.2) is 18.2 Å². The zero-order valence-electron chi connectivity index (χ0n) is 5.83. The van der Waals surface area contributed by atoms with E-state index in [0.29, 0.717) is 0 Å². The molecule has 0 aromatic heterocycles. The minimum absolute atomic E-state index is 0. The van der Waals surface area contributed by atoms with Gasteiger partial charge >= 0.3 is 16.5 Å². The fraction of sp³-hybridized carbons (Fsp3) is 0.375. The van der Waals surface area contributed by atoms with Gasteiger partial charge in [-0.3, -0.25) is 6.08 Å². The van der Waals surface area contributed by atoms with Crippen molar-refractivity contribution in [2.45, 2.75) is 20.3 Å². The van der Waals surface area contributed by atoms with E-state index in [1.165, 1.54) is 0 Å². The summed E-state index contributed by atoms with van der Waals surface area (Å²) in [5, 5.41) is 0. The van der Waals surface area contributed by atoms with Crippen molar-refractivity contribution in [3.8, 4) is 0 Å². The predicted molar refractivity (Wildman–Crippen MR) is 37.2 cm³/mol. The molecule has 0 nitrogen and oxygen atoms in total. The first kappa shape index (κ1) is 11.7. The van der Waals surface area contributed by atoms with Crippen LogP contribution in [-0.2, 0) is 16.5 Å². The number of hydrogen-bond acceptors (Lipinski definition) is 0. The molecular weight excluding hydrogens is 155 g/mol. The molecule has 1 heteroatoms. The summed E-state index contributed by atoms with van der Waals surface area (Å²) in [6.07, 6.45) is 12.0. The van der Waals surface area contributed by atoms with Crippen molar-refractivity contribution in [3.05, 3.63) is 30.7 Å². The van der Waals surface area contributed by atoms with Crippen LogP contribution in [0, 0.1) is 12.5 Å². The van der Waals surface area contributed by atoms with Crippen molar-refractivity contribution >= 4 is 0 Å². The Morgan fingerprint density at radius 1 is 1.44 bits per heavy atom. The van der Waals surface area contributed by atoms with Crippen molar-refractivity contribution < 1.29 is 16.5 Å². The zero-order chi connectivity index (χ0) is 6.24. The first-order chi connectivity index (χ1) is 3.91. The maximum Gasteiger partial charge on any atom is 2.00 e. The Hall–Kier alpha value is -0.0265. The van der Waals surface area contributed by atoms with Crippen LogP contribution >= 0.6 is 0 Å². The number of allylic oxidation sites excluding steroid dienone is 4. The molecule has 0 bridgehead atoms. The largest absolute Gasteiger partial charge is 2.00 e. The van der Waals surface area contributed by atoms with Gasteiger partial charge in [-0.25, -0.2) is 12.2 Å². The summed E-state index contributed by atoms with van der Waals surface area (Å²) in [6, 6.07) is 0. The van der Waals surface area contributed by atoms with E-state index >= 15 is 0 Å². The monoisotopic (exact) mass is 166 g/mol. The first-order valence-electron chi connectivity index (χ1n) is 2.87. The van der Waals surface area contributed by atoms with E-state index in [4.69, 9.17) is 0 Å². The Balaban J connectivity index is 0. The topological polar surface area (TPSA) is 0 Å². The van der Waals surface area contributed by atoms with E-state index in [1.54, 1.807) is 0 Å². The molecule has 0 saturated heterocycles. The molecule has 0 aliphatic heterocycles. The molecule has 0 N–H and O–H groups in total. The molecule has 0 unspecified atom stereocenters. The maximum atomic E-state index is 2.99. The molecule has 0 aromatic rings. The summed E-state index contributed by atoms with van der Waals surface area (Å²) in [7, 11) is 0. The summed E-state index contributed by atoms with van der Waals surface area (Å²) < 4.78 is 0. The summed E-state index contributed by atoms with van der Waals surface area (Å²) in [5.41, 5.74) is 0. The Labute approximate surface area is 68.0 Å². The van der Waals surface area contributed by atoms with Crippen LogP contribution in [0.25, 0.3) is 0 Å². The standard InChI is InChI=1S/C5H5.C3H7.Ni/c1-2-4-5-3-1;1-3-2;/h1-3H,4H2;3H,1-2H3;/q2*-1;+2. The Bertz CT molecular complexity index is 72.6. The second-order valence-corrected chi connectivity index (χ2v) is 1.58. The molecule has 0 aromatic carbocycles. The first-order valence-corrected chi connectivity index (χ1v) is 2.87. The van der Waals surface area contributed by atoms with Crippen molar-refractivity contribution in [1.82, 2.24) is 0 Å². The average Bonchev–Trinajstić information content (AvgIpc) is 2.17. The molecular formula is C8H12Ni. The van der Waals surface area contributed by atoms with Gasteiger partial charge in [0.15, 0.2) is 0 Å². The third-order valence-corrected chi connectivity index (χ3v) is 0.586. The minimum atomic E-state index is 0. The third kappa shape index (κ3) is 11.5. The summed E-state index contributed by atoms with van der Waals surface area (Å²) in [6.45, 7) is 4.00. The van der Waals surface area contributed by atoms with Crippen LogP contribution in [0.1, 0.15) is 20.3 Å². The van der Waals surface area contributed by atoms with Gasteiger partial charge in [0, 0.05) is 0 Å². The van der Waals surface area contributed by atoms with Crippen molar-refractivity contribution in [3.63, 3.8) is 0 Å². The molecule has 1 rings (SSSR count). The van der Waals surface area contributed by atoms with Gasteiger partial charge in [0.1, 0.15) is 0 Å². The summed E-state index contributed by atoms with van der Waals surface area (Å²) >= 11 is 0. The quantitative estimate of drug-likeness (QED) is 0.384. The van der Waals surface area contributed by atoms with Gasteiger partial charge in [0.2, 0.25) is 0 Å². The molecule has 1 aliphatic carbocycles. The van der Waals surface area contributed by atoms with Crippen molar-refractivity contribution in [2.75, 3.05) is 0 Å². The Kier molecular flexibility index (Phi) is 14.2. The molecule has 0 heterocycles. The smallest absolute Gasteiger partial charge is 0.335 e. The second kappa shape index (κ2) is 10.9. The number of hydrogen-bond donors (Lipinski definition) is 0. The van der Waals surface area contributed by atoms with Gasteiger partial charge < -0.3 is 6.42 Å². The molecule has 0 radical (unpaired) electrons. The van der Waals surface area contributed by atoms with Gasteiger partial charge in [-0.05, 0) is 0 Å². The molecule has 0 spiro atoms. The third-order valence-electron chi connectivity index (χ3n) is 0.586. The van der Waals surface area contributed by atoms with Crippen molar-refractivity contribution in [2.24, 2.45) is 0 Å². The van der Waals surface area contributed by atoms with Gasteiger partial charge in [0.25, 0.3) is 0 Å². The van der Waals surface area contributed by atoms with E-state index in [9.17, 15) is 0 Å². The maximum absolute atomic E-state index is 2.99. The molecule has 54 valence electrons. The van der Waals surface area contributed by atoms with E-state index < -0.39 is 0 Å². The molecule has 0 amide bonds. The van der Waals surface area contributed by atoms with Crippen LogP contribution in [0.3, 0.4) is 0 Å². The van der Waals surface area contributed by atoms with E-state index in [2.05, 4.69) is 12.2 Å². The van der Waals surface area contributed by atoms with Crippen LogP contribution in [0.5, 0.6) is 0 Å².